The third kappa shape index (κ3) is 4.81. The molecule has 0 atom stereocenters. The number of allylic oxidation sites excluding steroid dienone is 1. The Hall–Kier alpha value is -2.68. The van der Waals surface area contributed by atoms with Gasteiger partial charge in [-0.3, -0.25) is 9.69 Å². The van der Waals surface area contributed by atoms with Crippen LogP contribution in [0.3, 0.4) is 0 Å². The lowest BCUT2D eigenvalue weighted by Gasteiger charge is -2.39. The number of rotatable bonds is 7. The van der Waals surface area contributed by atoms with Gasteiger partial charge in [0.25, 0.3) is 0 Å². The zero-order valence-corrected chi connectivity index (χ0v) is 18.1. The zero-order chi connectivity index (χ0) is 22.6. The molecule has 1 saturated heterocycles. The van der Waals surface area contributed by atoms with Crippen LogP contribution in [-0.4, -0.2) is 53.1 Å². The van der Waals surface area contributed by atoms with Gasteiger partial charge in [0.2, 0.25) is 5.76 Å². The van der Waals surface area contributed by atoms with Gasteiger partial charge in [-0.05, 0) is 42.7 Å². The van der Waals surface area contributed by atoms with Crippen LogP contribution < -0.4 is 0 Å². The van der Waals surface area contributed by atoms with Crippen LogP contribution >= 0.6 is 11.6 Å². The molecule has 0 spiro atoms. The SMILES string of the molecule is O=C(O)/C(O)=C/C(=O)C1(S(=O)(=O)c2ccc(Cl)cc2)CCN(Cc2ccccc2)CC1. The third-order valence-electron chi connectivity index (χ3n) is 5.49. The lowest BCUT2D eigenvalue weighted by molar-refractivity contribution is -0.136. The second kappa shape index (κ2) is 9.21. The highest BCUT2D eigenvalue weighted by atomic mass is 35.5. The smallest absolute Gasteiger partial charge is 0.371 e. The largest absolute Gasteiger partial charge is 0.502 e. The number of piperidine rings is 1. The fourth-order valence-electron chi connectivity index (χ4n) is 3.72. The summed E-state index contributed by atoms with van der Waals surface area (Å²) in [4.78, 5) is 26.0. The van der Waals surface area contributed by atoms with Gasteiger partial charge >= 0.3 is 5.97 Å². The Morgan fingerprint density at radius 3 is 2.13 bits per heavy atom. The van der Waals surface area contributed by atoms with Crippen LogP contribution in [0.4, 0.5) is 0 Å². The molecule has 3 rings (SSSR count). The fourth-order valence-corrected chi connectivity index (χ4v) is 5.83. The van der Waals surface area contributed by atoms with Crippen molar-refractivity contribution in [3.05, 3.63) is 77.0 Å². The summed E-state index contributed by atoms with van der Waals surface area (Å²) in [6, 6.07) is 15.1. The molecule has 31 heavy (non-hydrogen) atoms. The number of hydrogen-bond donors (Lipinski definition) is 2. The highest BCUT2D eigenvalue weighted by Gasteiger charge is 2.52. The van der Waals surface area contributed by atoms with Gasteiger partial charge in [0.05, 0.1) is 4.90 Å². The Labute approximate surface area is 185 Å². The number of carbonyl (C=O) groups is 2. The maximum Gasteiger partial charge on any atom is 0.371 e. The van der Waals surface area contributed by atoms with Crippen molar-refractivity contribution >= 4 is 33.2 Å². The van der Waals surface area contributed by atoms with Crippen molar-refractivity contribution in [2.24, 2.45) is 0 Å². The highest BCUT2D eigenvalue weighted by molar-refractivity contribution is 7.93. The van der Waals surface area contributed by atoms with Crippen molar-refractivity contribution in [3.63, 3.8) is 0 Å². The highest BCUT2D eigenvalue weighted by Crippen LogP contribution is 2.37. The van der Waals surface area contributed by atoms with Gasteiger partial charge < -0.3 is 10.2 Å². The second-order valence-electron chi connectivity index (χ2n) is 7.41. The molecule has 0 radical (unpaired) electrons. The number of carboxylic acid groups (broad SMARTS) is 1. The first-order chi connectivity index (χ1) is 14.7. The molecule has 1 heterocycles. The molecule has 2 N–H and O–H groups in total. The number of ketones is 1. The van der Waals surface area contributed by atoms with E-state index in [-0.39, 0.29) is 17.7 Å². The van der Waals surface area contributed by atoms with E-state index in [2.05, 4.69) is 0 Å². The number of carbonyl (C=O) groups excluding carboxylic acids is 1. The van der Waals surface area contributed by atoms with Crippen LogP contribution in [-0.2, 0) is 26.0 Å². The molecule has 0 bridgehead atoms. The minimum Gasteiger partial charge on any atom is -0.502 e. The molecule has 7 nitrogen and oxygen atoms in total. The third-order valence-corrected chi connectivity index (χ3v) is 8.27. The Morgan fingerprint density at radius 2 is 1.58 bits per heavy atom. The van der Waals surface area contributed by atoms with Crippen molar-refractivity contribution in [1.82, 2.24) is 4.90 Å². The minimum atomic E-state index is -4.19. The molecule has 1 fully saturated rings. The van der Waals surface area contributed by atoms with Crippen LogP contribution in [0.1, 0.15) is 18.4 Å². The van der Waals surface area contributed by atoms with Gasteiger partial charge in [-0.2, -0.15) is 0 Å². The zero-order valence-electron chi connectivity index (χ0n) is 16.6. The predicted molar refractivity (Wildman–Crippen MR) is 116 cm³/mol. The maximum atomic E-state index is 13.5. The Bertz CT molecular complexity index is 1090. The lowest BCUT2D eigenvalue weighted by atomic mass is 9.90. The van der Waals surface area contributed by atoms with E-state index in [4.69, 9.17) is 16.7 Å². The van der Waals surface area contributed by atoms with Gasteiger partial charge in [-0.15, -0.1) is 0 Å². The molecule has 1 aliphatic rings. The number of sulfone groups is 1. The van der Waals surface area contributed by atoms with Crippen LogP contribution in [0.15, 0.2) is 71.3 Å². The number of likely N-dealkylation sites (tertiary alicyclic amines) is 1. The lowest BCUT2D eigenvalue weighted by Crippen LogP contribution is -2.53. The average molecular weight is 464 g/mol. The van der Waals surface area contributed by atoms with Gasteiger partial charge in [0.1, 0.15) is 4.75 Å². The van der Waals surface area contributed by atoms with Crippen molar-refractivity contribution in [2.75, 3.05) is 13.1 Å². The summed E-state index contributed by atoms with van der Waals surface area (Å²) >= 11 is 5.87. The van der Waals surface area contributed by atoms with E-state index in [1.54, 1.807) is 0 Å². The molecule has 164 valence electrons. The quantitative estimate of drug-likeness (QED) is 0.478. The molecule has 0 amide bonds. The van der Waals surface area contributed by atoms with Crippen LogP contribution in [0.25, 0.3) is 0 Å². The number of aliphatic hydroxyl groups excluding tert-OH is 1. The molecule has 1 aliphatic heterocycles. The molecular formula is C22H22ClNO6S. The number of hydrogen-bond acceptors (Lipinski definition) is 6. The number of aliphatic carboxylic acids is 1. The van der Waals surface area contributed by atoms with Crippen molar-refractivity contribution in [2.45, 2.75) is 29.0 Å². The van der Waals surface area contributed by atoms with E-state index >= 15 is 0 Å². The van der Waals surface area contributed by atoms with E-state index in [1.165, 1.54) is 24.3 Å². The van der Waals surface area contributed by atoms with Gasteiger partial charge in [-0.25, -0.2) is 13.2 Å². The summed E-state index contributed by atoms with van der Waals surface area (Å²) in [6.07, 6.45) is 0.433. The minimum absolute atomic E-state index is 0.0347. The second-order valence-corrected chi connectivity index (χ2v) is 10.1. The molecule has 9 heteroatoms. The Morgan fingerprint density at radius 1 is 1.00 bits per heavy atom. The van der Waals surface area contributed by atoms with Crippen LogP contribution in [0.2, 0.25) is 5.02 Å². The Balaban J connectivity index is 1.94. The number of benzene rings is 2. The first-order valence-electron chi connectivity index (χ1n) is 9.60. The summed E-state index contributed by atoms with van der Waals surface area (Å²) in [6.45, 7) is 1.23. The summed E-state index contributed by atoms with van der Waals surface area (Å²) in [7, 11) is -4.19. The van der Waals surface area contributed by atoms with Crippen molar-refractivity contribution in [1.29, 1.82) is 0 Å². The predicted octanol–water partition coefficient (Wildman–Crippen LogP) is 3.24. The van der Waals surface area contributed by atoms with Gasteiger partial charge in [-0.1, -0.05) is 41.9 Å². The summed E-state index contributed by atoms with van der Waals surface area (Å²) in [5, 5.41) is 18.9. The molecular weight excluding hydrogens is 442 g/mol. The molecule has 0 aromatic heterocycles. The van der Waals surface area contributed by atoms with E-state index in [1.807, 2.05) is 35.2 Å². The standard InChI is InChI=1S/C22H22ClNO6S/c23-17-6-8-18(9-7-17)31(29,30)22(20(26)14-19(25)21(27)28)10-12-24(13-11-22)15-16-4-2-1-3-5-16/h1-9,14,25H,10-13,15H2,(H,27,28)/b19-14-. The van der Waals surface area contributed by atoms with Crippen LogP contribution in [0, 0.1) is 0 Å². The molecule has 0 unspecified atom stereocenters. The first kappa shape index (κ1) is 23.0. The summed E-state index contributed by atoms with van der Waals surface area (Å²) in [5.74, 6) is -3.84. The van der Waals surface area contributed by atoms with Crippen LogP contribution in [0.5, 0.6) is 0 Å². The molecule has 2 aromatic carbocycles. The Kier molecular flexibility index (Phi) is 6.83. The van der Waals surface area contributed by atoms with Crippen molar-refractivity contribution in [3.8, 4) is 0 Å². The molecule has 0 aliphatic carbocycles. The average Bonchev–Trinajstić information content (AvgIpc) is 2.75. The normalized spacial score (nSPS) is 17.3. The monoisotopic (exact) mass is 463 g/mol. The fraction of sp³-hybridized carbons (Fsp3) is 0.273. The summed E-state index contributed by atoms with van der Waals surface area (Å²) in [5.41, 5.74) is 1.06. The summed E-state index contributed by atoms with van der Waals surface area (Å²) < 4.78 is 25.2. The van der Waals surface area contributed by atoms with E-state index < -0.39 is 32.1 Å². The van der Waals surface area contributed by atoms with Gasteiger partial charge in [0.15, 0.2) is 15.6 Å². The number of carboxylic acids is 1. The van der Waals surface area contributed by atoms with Gasteiger partial charge in [0, 0.05) is 30.7 Å². The van der Waals surface area contributed by atoms with Crippen molar-refractivity contribution < 1.29 is 28.2 Å². The first-order valence-corrected chi connectivity index (χ1v) is 11.5. The molecule has 2 aromatic rings. The van der Waals surface area contributed by atoms with E-state index in [0.717, 1.165) is 5.56 Å². The number of nitrogens with zero attached hydrogens (tertiary/aromatic N) is 1. The van der Waals surface area contributed by atoms with E-state index in [9.17, 15) is 23.1 Å². The number of halogens is 1. The topological polar surface area (TPSA) is 112 Å². The maximum absolute atomic E-state index is 13.5. The number of aliphatic hydroxyl groups is 1. The molecule has 0 saturated carbocycles. The van der Waals surface area contributed by atoms with E-state index in [0.29, 0.717) is 30.7 Å².